The lowest BCUT2D eigenvalue weighted by atomic mass is 10.0. The van der Waals surface area contributed by atoms with Gasteiger partial charge in [-0.25, -0.2) is 9.78 Å². The molecule has 10 heteroatoms. The molecule has 1 amide bonds. The zero-order chi connectivity index (χ0) is 22.3. The first-order chi connectivity index (χ1) is 14.3. The molecule has 0 saturated heterocycles. The van der Waals surface area contributed by atoms with Crippen molar-refractivity contribution in [2.24, 2.45) is 5.16 Å². The molecule has 2 rings (SSSR count). The average Bonchev–Trinajstić information content (AvgIpc) is 2.70. The van der Waals surface area contributed by atoms with E-state index in [9.17, 15) is 9.59 Å². The summed E-state index contributed by atoms with van der Waals surface area (Å²) in [6.45, 7) is 3.41. The second kappa shape index (κ2) is 10.8. The second-order valence-corrected chi connectivity index (χ2v) is 7.02. The smallest absolute Gasteiger partial charge is 0.358 e. The van der Waals surface area contributed by atoms with Gasteiger partial charge in [-0.05, 0) is 25.5 Å². The molecule has 0 bridgehead atoms. The SMILES string of the molecule is CNC(=O)C(=NOC)c1ccccc1COc1nc(C(=O)OC(C)C)c(Cl)cc1Cl. The maximum Gasteiger partial charge on any atom is 0.358 e. The van der Waals surface area contributed by atoms with Crippen LogP contribution in [0.25, 0.3) is 0 Å². The minimum atomic E-state index is -0.689. The van der Waals surface area contributed by atoms with Crippen molar-refractivity contribution in [1.82, 2.24) is 10.3 Å². The second-order valence-electron chi connectivity index (χ2n) is 6.21. The molecule has 1 N–H and O–H groups in total. The fourth-order valence-corrected chi connectivity index (χ4v) is 2.90. The minimum absolute atomic E-state index is 0.00301. The predicted molar refractivity (Wildman–Crippen MR) is 113 cm³/mol. The number of carbonyl (C=O) groups excluding carboxylic acids is 2. The van der Waals surface area contributed by atoms with Crippen molar-refractivity contribution in [3.63, 3.8) is 0 Å². The van der Waals surface area contributed by atoms with E-state index in [4.69, 9.17) is 37.5 Å². The molecular formula is C20H21Cl2N3O5. The van der Waals surface area contributed by atoms with Crippen LogP contribution >= 0.6 is 23.2 Å². The van der Waals surface area contributed by atoms with Crippen LogP contribution in [0.5, 0.6) is 5.88 Å². The van der Waals surface area contributed by atoms with Crippen molar-refractivity contribution < 1.29 is 23.9 Å². The Morgan fingerprint density at radius 3 is 2.53 bits per heavy atom. The van der Waals surface area contributed by atoms with Crippen molar-refractivity contribution in [3.8, 4) is 5.88 Å². The van der Waals surface area contributed by atoms with Gasteiger partial charge >= 0.3 is 5.97 Å². The van der Waals surface area contributed by atoms with Crippen LogP contribution in [0.3, 0.4) is 0 Å². The third-order valence-corrected chi connectivity index (χ3v) is 4.25. The van der Waals surface area contributed by atoms with E-state index in [2.05, 4.69) is 15.5 Å². The van der Waals surface area contributed by atoms with Crippen molar-refractivity contribution in [1.29, 1.82) is 0 Å². The Morgan fingerprint density at radius 2 is 1.90 bits per heavy atom. The summed E-state index contributed by atoms with van der Waals surface area (Å²) in [6.07, 6.45) is -0.342. The van der Waals surface area contributed by atoms with Gasteiger partial charge in [-0.15, -0.1) is 0 Å². The molecule has 30 heavy (non-hydrogen) atoms. The molecule has 8 nitrogen and oxygen atoms in total. The summed E-state index contributed by atoms with van der Waals surface area (Å²) in [6, 6.07) is 8.34. The number of likely N-dealkylation sites (N-methyl/N-ethyl adjacent to an activating group) is 1. The van der Waals surface area contributed by atoms with E-state index in [0.717, 1.165) is 0 Å². The monoisotopic (exact) mass is 453 g/mol. The number of amides is 1. The lowest BCUT2D eigenvalue weighted by Crippen LogP contribution is -2.29. The van der Waals surface area contributed by atoms with Gasteiger partial charge in [-0.3, -0.25) is 4.79 Å². The molecule has 0 atom stereocenters. The highest BCUT2D eigenvalue weighted by atomic mass is 35.5. The predicted octanol–water partition coefficient (Wildman–Crippen LogP) is 3.63. The number of oxime groups is 1. The van der Waals surface area contributed by atoms with Gasteiger partial charge in [-0.1, -0.05) is 52.6 Å². The summed E-state index contributed by atoms with van der Waals surface area (Å²) in [5, 5.41) is 6.48. The first-order valence-electron chi connectivity index (χ1n) is 8.89. The number of nitrogens with zero attached hydrogens (tertiary/aromatic N) is 2. The molecule has 0 spiro atoms. The van der Waals surface area contributed by atoms with Gasteiger partial charge in [0.1, 0.15) is 18.7 Å². The van der Waals surface area contributed by atoms with Crippen molar-refractivity contribution in [2.45, 2.75) is 26.6 Å². The van der Waals surface area contributed by atoms with E-state index in [1.54, 1.807) is 38.1 Å². The quantitative estimate of drug-likeness (QED) is 0.372. The number of esters is 1. The molecule has 160 valence electrons. The molecule has 1 aromatic carbocycles. The van der Waals surface area contributed by atoms with E-state index < -0.39 is 11.9 Å². The van der Waals surface area contributed by atoms with Gasteiger partial charge in [0, 0.05) is 12.6 Å². The minimum Gasteiger partial charge on any atom is -0.472 e. The Morgan fingerprint density at radius 1 is 1.20 bits per heavy atom. The Bertz CT molecular complexity index is 963. The number of hydrogen-bond donors (Lipinski definition) is 1. The largest absolute Gasteiger partial charge is 0.472 e. The van der Waals surface area contributed by atoms with Crippen LogP contribution in [0, 0.1) is 0 Å². The van der Waals surface area contributed by atoms with E-state index in [-0.39, 0.29) is 40.0 Å². The number of benzene rings is 1. The Kier molecular flexibility index (Phi) is 8.44. The maximum absolute atomic E-state index is 12.2. The van der Waals surface area contributed by atoms with Crippen LogP contribution in [0.1, 0.15) is 35.5 Å². The van der Waals surface area contributed by atoms with Gasteiger partial charge < -0.3 is 19.6 Å². The van der Waals surface area contributed by atoms with E-state index >= 15 is 0 Å². The zero-order valence-corrected chi connectivity index (χ0v) is 18.4. The van der Waals surface area contributed by atoms with Crippen LogP contribution in [0.2, 0.25) is 10.0 Å². The first kappa shape index (κ1) is 23.4. The molecule has 0 aliphatic heterocycles. The summed E-state index contributed by atoms with van der Waals surface area (Å²) >= 11 is 12.2. The zero-order valence-electron chi connectivity index (χ0n) is 16.9. The fraction of sp³-hybridized carbons (Fsp3) is 0.300. The standard InChI is InChI=1S/C20H21Cl2N3O5/c1-11(2)30-20(27)17-14(21)9-15(22)19(24-17)29-10-12-7-5-6-8-13(12)16(25-28-4)18(26)23-3/h5-9,11H,10H2,1-4H3,(H,23,26). The highest BCUT2D eigenvalue weighted by Gasteiger charge is 2.21. The topological polar surface area (TPSA) is 99.1 Å². The van der Waals surface area contributed by atoms with Crippen LogP contribution in [0.4, 0.5) is 0 Å². The highest BCUT2D eigenvalue weighted by molar-refractivity contribution is 6.45. The van der Waals surface area contributed by atoms with Gasteiger partial charge in [0.05, 0.1) is 11.1 Å². The molecule has 0 aliphatic rings. The molecule has 1 aromatic heterocycles. The molecule has 0 saturated carbocycles. The lowest BCUT2D eigenvalue weighted by Gasteiger charge is -2.14. The fourth-order valence-electron chi connectivity index (χ4n) is 2.41. The normalized spacial score (nSPS) is 11.2. The number of hydrogen-bond acceptors (Lipinski definition) is 7. The van der Waals surface area contributed by atoms with E-state index in [1.807, 2.05) is 0 Å². The number of nitrogens with one attached hydrogen (secondary N) is 1. The number of halogens is 2. The first-order valence-corrected chi connectivity index (χ1v) is 9.65. The average molecular weight is 454 g/mol. The molecule has 0 aliphatic carbocycles. The number of rotatable bonds is 8. The molecular weight excluding hydrogens is 433 g/mol. The third-order valence-electron chi connectivity index (χ3n) is 3.70. The molecule has 0 unspecified atom stereocenters. The highest BCUT2D eigenvalue weighted by Crippen LogP contribution is 2.29. The van der Waals surface area contributed by atoms with Crippen LogP contribution in [-0.4, -0.2) is 42.8 Å². The van der Waals surface area contributed by atoms with Crippen molar-refractivity contribution >= 4 is 40.8 Å². The van der Waals surface area contributed by atoms with Gasteiger partial charge in [-0.2, -0.15) is 0 Å². The van der Waals surface area contributed by atoms with E-state index in [0.29, 0.717) is 11.1 Å². The molecule has 2 aromatic rings. The van der Waals surface area contributed by atoms with Crippen LogP contribution < -0.4 is 10.1 Å². The van der Waals surface area contributed by atoms with Crippen LogP contribution in [0.15, 0.2) is 35.5 Å². The Balaban J connectivity index is 2.33. The summed E-state index contributed by atoms with van der Waals surface area (Å²) < 4.78 is 10.9. The Hall–Kier alpha value is -2.84. The molecule has 0 fully saturated rings. The van der Waals surface area contributed by atoms with E-state index in [1.165, 1.54) is 20.2 Å². The number of ether oxygens (including phenoxy) is 2. The molecule has 0 radical (unpaired) electrons. The lowest BCUT2D eigenvalue weighted by molar-refractivity contribution is -0.114. The van der Waals surface area contributed by atoms with Crippen LogP contribution in [-0.2, 0) is 21.0 Å². The summed E-state index contributed by atoms with van der Waals surface area (Å²) in [4.78, 5) is 33.3. The number of aromatic nitrogens is 1. The summed E-state index contributed by atoms with van der Waals surface area (Å²) in [5.74, 6) is -1.12. The van der Waals surface area contributed by atoms with Crippen molar-refractivity contribution in [2.75, 3.05) is 14.2 Å². The summed E-state index contributed by atoms with van der Waals surface area (Å²) in [7, 11) is 2.83. The maximum atomic E-state index is 12.2. The number of carbonyl (C=O) groups is 2. The Labute approximate surface area is 184 Å². The van der Waals surface area contributed by atoms with Gasteiger partial charge in [0.15, 0.2) is 11.4 Å². The van der Waals surface area contributed by atoms with Crippen molar-refractivity contribution in [3.05, 3.63) is 57.2 Å². The molecule has 1 heterocycles. The summed E-state index contributed by atoms with van der Waals surface area (Å²) in [5.41, 5.74) is 1.10. The number of pyridine rings is 1. The van der Waals surface area contributed by atoms with Gasteiger partial charge in [0.25, 0.3) is 5.91 Å². The van der Waals surface area contributed by atoms with Gasteiger partial charge in [0.2, 0.25) is 5.88 Å². The third kappa shape index (κ3) is 5.84.